The van der Waals surface area contributed by atoms with Gasteiger partial charge in [-0.2, -0.15) is 0 Å². The molecular formula is C11H21NO. The third kappa shape index (κ3) is 3.47. The van der Waals surface area contributed by atoms with Crippen LogP contribution in [-0.4, -0.2) is 11.8 Å². The number of carbonyl (C=O) groups excluding carboxylic acids is 1. The van der Waals surface area contributed by atoms with E-state index in [2.05, 4.69) is 6.92 Å². The molecule has 0 spiro atoms. The Morgan fingerprint density at radius 3 is 2.77 bits per heavy atom. The summed E-state index contributed by atoms with van der Waals surface area (Å²) < 4.78 is 0. The van der Waals surface area contributed by atoms with Crippen LogP contribution in [-0.2, 0) is 4.79 Å². The Hall–Kier alpha value is -0.370. The van der Waals surface area contributed by atoms with Gasteiger partial charge in [-0.25, -0.2) is 0 Å². The van der Waals surface area contributed by atoms with Gasteiger partial charge in [0, 0.05) is 6.42 Å². The first-order valence-electron chi connectivity index (χ1n) is 5.38. The molecule has 0 heterocycles. The highest BCUT2D eigenvalue weighted by atomic mass is 16.1. The lowest BCUT2D eigenvalue weighted by Gasteiger charge is -2.26. The number of rotatable bonds is 3. The number of ketones is 1. The third-order valence-electron chi connectivity index (χ3n) is 3.04. The maximum absolute atomic E-state index is 11.4. The predicted octanol–water partition coefficient (Wildman–Crippen LogP) is 2.12. The van der Waals surface area contributed by atoms with Crippen LogP contribution in [0.5, 0.6) is 0 Å². The molecule has 1 aliphatic rings. The van der Waals surface area contributed by atoms with Gasteiger partial charge in [-0.15, -0.1) is 0 Å². The average molecular weight is 183 g/mol. The van der Waals surface area contributed by atoms with Crippen LogP contribution < -0.4 is 5.73 Å². The molecular weight excluding hydrogens is 162 g/mol. The Morgan fingerprint density at radius 1 is 1.54 bits per heavy atom. The second kappa shape index (κ2) is 4.75. The first-order valence-corrected chi connectivity index (χ1v) is 5.38. The molecule has 3 atom stereocenters. The van der Waals surface area contributed by atoms with Crippen LogP contribution in [0.4, 0.5) is 0 Å². The van der Waals surface area contributed by atoms with Gasteiger partial charge in [-0.05, 0) is 25.2 Å². The predicted molar refractivity (Wildman–Crippen MR) is 54.4 cm³/mol. The fourth-order valence-electron chi connectivity index (χ4n) is 2.22. The summed E-state index contributed by atoms with van der Waals surface area (Å²) in [4.78, 5) is 11.4. The van der Waals surface area contributed by atoms with Crippen molar-refractivity contribution in [3.05, 3.63) is 0 Å². The minimum absolute atomic E-state index is 0.235. The van der Waals surface area contributed by atoms with Crippen molar-refractivity contribution in [2.24, 2.45) is 17.6 Å². The normalized spacial score (nSPS) is 31.3. The first kappa shape index (κ1) is 10.7. The summed E-state index contributed by atoms with van der Waals surface area (Å²) in [6.07, 6.45) is 5.78. The fraction of sp³-hybridized carbons (Fsp3) is 0.909. The molecule has 0 saturated heterocycles. The molecule has 2 N–H and O–H groups in total. The Labute approximate surface area is 80.9 Å². The van der Waals surface area contributed by atoms with Gasteiger partial charge in [-0.1, -0.05) is 26.2 Å². The topological polar surface area (TPSA) is 43.1 Å². The van der Waals surface area contributed by atoms with Crippen LogP contribution in [0.25, 0.3) is 0 Å². The summed E-state index contributed by atoms with van der Waals surface area (Å²) in [6, 6.07) is -0.266. The number of hydrogen-bond acceptors (Lipinski definition) is 2. The van der Waals surface area contributed by atoms with Crippen LogP contribution >= 0.6 is 0 Å². The van der Waals surface area contributed by atoms with Crippen molar-refractivity contribution in [3.8, 4) is 0 Å². The minimum Gasteiger partial charge on any atom is -0.322 e. The highest BCUT2D eigenvalue weighted by Gasteiger charge is 2.22. The van der Waals surface area contributed by atoms with E-state index in [1.54, 1.807) is 6.92 Å². The van der Waals surface area contributed by atoms with Crippen molar-refractivity contribution in [1.82, 2.24) is 0 Å². The van der Waals surface area contributed by atoms with E-state index in [4.69, 9.17) is 5.73 Å². The van der Waals surface area contributed by atoms with Crippen molar-refractivity contribution in [1.29, 1.82) is 0 Å². The lowest BCUT2D eigenvalue weighted by molar-refractivity contribution is -0.121. The summed E-state index contributed by atoms with van der Waals surface area (Å²) in [5, 5.41) is 0. The van der Waals surface area contributed by atoms with Gasteiger partial charge >= 0.3 is 0 Å². The highest BCUT2D eigenvalue weighted by molar-refractivity contribution is 5.83. The maximum Gasteiger partial charge on any atom is 0.149 e. The molecule has 76 valence electrons. The minimum atomic E-state index is -0.266. The van der Waals surface area contributed by atoms with Crippen molar-refractivity contribution in [2.75, 3.05) is 0 Å². The highest BCUT2D eigenvalue weighted by Crippen LogP contribution is 2.30. The Morgan fingerprint density at radius 2 is 2.23 bits per heavy atom. The van der Waals surface area contributed by atoms with Crippen molar-refractivity contribution in [3.63, 3.8) is 0 Å². The zero-order valence-electron chi connectivity index (χ0n) is 8.75. The van der Waals surface area contributed by atoms with Crippen molar-refractivity contribution in [2.45, 2.75) is 52.0 Å². The Kier molecular flexibility index (Phi) is 3.91. The largest absolute Gasteiger partial charge is 0.322 e. The summed E-state index contributed by atoms with van der Waals surface area (Å²) in [5.41, 5.74) is 5.54. The fourth-order valence-corrected chi connectivity index (χ4v) is 2.22. The van der Waals surface area contributed by atoms with E-state index >= 15 is 0 Å². The van der Waals surface area contributed by atoms with Crippen LogP contribution in [0.2, 0.25) is 0 Å². The molecule has 2 nitrogen and oxygen atoms in total. The number of Topliss-reactive ketones (excluding diaryl/α,β-unsaturated/α-hetero) is 1. The molecule has 0 bridgehead atoms. The molecule has 1 rings (SSSR count). The first-order chi connectivity index (χ1) is 6.09. The average Bonchev–Trinajstić information content (AvgIpc) is 2.04. The van der Waals surface area contributed by atoms with E-state index in [-0.39, 0.29) is 11.8 Å². The summed E-state index contributed by atoms with van der Waals surface area (Å²) in [6.45, 7) is 4.07. The zero-order chi connectivity index (χ0) is 9.84. The SMILES string of the molecule is CC1CCCC(CC(=O)C(C)N)C1. The molecule has 1 saturated carbocycles. The molecule has 3 unspecified atom stereocenters. The van der Waals surface area contributed by atoms with Crippen molar-refractivity contribution < 1.29 is 4.79 Å². The molecule has 1 aliphatic carbocycles. The van der Waals surface area contributed by atoms with Crippen molar-refractivity contribution >= 4 is 5.78 Å². The molecule has 0 aromatic carbocycles. The standard InChI is InChI=1S/C11H21NO/c1-8-4-3-5-10(6-8)7-11(13)9(2)12/h8-10H,3-7,12H2,1-2H3. The quantitative estimate of drug-likeness (QED) is 0.728. The molecule has 0 aliphatic heterocycles. The van der Waals surface area contributed by atoms with Crippen LogP contribution in [0.1, 0.15) is 46.0 Å². The second-order valence-electron chi connectivity index (χ2n) is 4.60. The molecule has 0 aromatic heterocycles. The van der Waals surface area contributed by atoms with Crippen LogP contribution in [0.3, 0.4) is 0 Å². The summed E-state index contributed by atoms with van der Waals surface area (Å²) >= 11 is 0. The Bertz CT molecular complexity index is 177. The van der Waals surface area contributed by atoms with E-state index in [1.807, 2.05) is 0 Å². The molecule has 13 heavy (non-hydrogen) atoms. The molecule has 0 aromatic rings. The van der Waals surface area contributed by atoms with Gasteiger partial charge in [0.1, 0.15) is 5.78 Å². The third-order valence-corrected chi connectivity index (χ3v) is 3.04. The zero-order valence-corrected chi connectivity index (χ0v) is 8.75. The molecule has 2 heteroatoms. The van der Waals surface area contributed by atoms with Gasteiger partial charge < -0.3 is 5.73 Å². The Balaban J connectivity index is 2.31. The monoisotopic (exact) mass is 183 g/mol. The molecule has 0 radical (unpaired) electrons. The molecule has 1 fully saturated rings. The van der Waals surface area contributed by atoms with Gasteiger partial charge in [0.15, 0.2) is 0 Å². The maximum atomic E-state index is 11.4. The van der Waals surface area contributed by atoms with Crippen LogP contribution in [0, 0.1) is 11.8 Å². The van der Waals surface area contributed by atoms with Gasteiger partial charge in [-0.3, -0.25) is 4.79 Å². The van der Waals surface area contributed by atoms with Gasteiger partial charge in [0.25, 0.3) is 0 Å². The van der Waals surface area contributed by atoms with E-state index < -0.39 is 0 Å². The lowest BCUT2D eigenvalue weighted by atomic mass is 9.79. The van der Waals surface area contributed by atoms with E-state index in [0.29, 0.717) is 12.3 Å². The lowest BCUT2D eigenvalue weighted by Crippen LogP contribution is -2.29. The smallest absolute Gasteiger partial charge is 0.149 e. The van der Waals surface area contributed by atoms with E-state index in [1.165, 1.54) is 25.7 Å². The van der Waals surface area contributed by atoms with Crippen LogP contribution in [0.15, 0.2) is 0 Å². The molecule has 0 amide bonds. The summed E-state index contributed by atoms with van der Waals surface area (Å²) in [7, 11) is 0. The van der Waals surface area contributed by atoms with Gasteiger partial charge in [0.05, 0.1) is 6.04 Å². The van der Waals surface area contributed by atoms with Gasteiger partial charge in [0.2, 0.25) is 0 Å². The number of nitrogens with two attached hydrogens (primary N) is 1. The van der Waals surface area contributed by atoms with E-state index in [0.717, 1.165) is 5.92 Å². The second-order valence-corrected chi connectivity index (χ2v) is 4.60. The number of carbonyl (C=O) groups is 1. The number of hydrogen-bond donors (Lipinski definition) is 1. The van der Waals surface area contributed by atoms with E-state index in [9.17, 15) is 4.79 Å². The summed E-state index contributed by atoms with van der Waals surface area (Å²) in [5.74, 6) is 1.65.